The van der Waals surface area contributed by atoms with Crippen LogP contribution >= 0.6 is 0 Å². The molecule has 0 saturated carbocycles. The lowest BCUT2D eigenvalue weighted by atomic mass is 9.98. The van der Waals surface area contributed by atoms with Gasteiger partial charge in [-0.25, -0.2) is 9.59 Å². The number of carbonyl (C=O) groups excluding carboxylic acids is 2. The van der Waals surface area contributed by atoms with Crippen LogP contribution in [0.3, 0.4) is 0 Å². The van der Waals surface area contributed by atoms with E-state index in [-0.39, 0.29) is 25.5 Å². The van der Waals surface area contributed by atoms with Crippen LogP contribution in [-0.2, 0) is 14.3 Å². The van der Waals surface area contributed by atoms with Crippen molar-refractivity contribution in [3.63, 3.8) is 0 Å². The maximum atomic E-state index is 13.6. The van der Waals surface area contributed by atoms with Crippen molar-refractivity contribution < 1.29 is 37.4 Å². The normalized spacial score (nSPS) is 18.4. The van der Waals surface area contributed by atoms with E-state index in [2.05, 4.69) is 0 Å². The summed E-state index contributed by atoms with van der Waals surface area (Å²) < 4.78 is 46.1. The average molecular weight is 490 g/mol. The third-order valence-corrected chi connectivity index (χ3v) is 6.52. The van der Waals surface area contributed by atoms with E-state index in [0.29, 0.717) is 12.8 Å². The Labute approximate surface area is 199 Å². The molecule has 10 heteroatoms. The van der Waals surface area contributed by atoms with Crippen LogP contribution < -0.4 is 5.32 Å². The van der Waals surface area contributed by atoms with Gasteiger partial charge in [-0.15, -0.1) is 0 Å². The van der Waals surface area contributed by atoms with Gasteiger partial charge in [0.05, 0.1) is 6.42 Å². The van der Waals surface area contributed by atoms with E-state index >= 15 is 0 Å². The van der Waals surface area contributed by atoms with Crippen molar-refractivity contribution in [2.45, 2.75) is 49.9 Å². The fourth-order valence-electron chi connectivity index (χ4n) is 4.81. The number of hydrogen-bond acceptors (Lipinski definition) is 4. The molecule has 2 aromatic rings. The van der Waals surface area contributed by atoms with Crippen LogP contribution in [0.1, 0.15) is 42.7 Å². The van der Waals surface area contributed by atoms with Crippen LogP contribution in [0.4, 0.5) is 18.0 Å². The smallest absolute Gasteiger partial charge is 0.409 e. The molecule has 35 heavy (non-hydrogen) atoms. The molecular weight excluding hydrogens is 465 g/mol. The van der Waals surface area contributed by atoms with Gasteiger partial charge in [-0.05, 0) is 41.5 Å². The Balaban J connectivity index is 1.42. The summed E-state index contributed by atoms with van der Waals surface area (Å²) in [6.07, 6.45) is -6.06. The molecule has 0 aromatic heterocycles. The Morgan fingerprint density at radius 3 is 2.20 bits per heavy atom. The van der Waals surface area contributed by atoms with Crippen molar-refractivity contribution in [3.8, 4) is 11.1 Å². The Hall–Kier alpha value is -3.56. The second-order valence-electron chi connectivity index (χ2n) is 8.71. The van der Waals surface area contributed by atoms with Gasteiger partial charge < -0.3 is 20.1 Å². The minimum Gasteiger partial charge on any atom is -0.480 e. The van der Waals surface area contributed by atoms with Gasteiger partial charge in [0.25, 0.3) is 0 Å². The number of fused-ring (bicyclic) bond motifs is 3. The number of nitrogens with one attached hydrogen (secondary N) is 1. The summed E-state index contributed by atoms with van der Waals surface area (Å²) in [5, 5.41) is 11.1. The van der Waals surface area contributed by atoms with Gasteiger partial charge >= 0.3 is 18.2 Å². The zero-order valence-corrected chi connectivity index (χ0v) is 18.8. The van der Waals surface area contributed by atoms with Crippen LogP contribution in [0.5, 0.6) is 0 Å². The van der Waals surface area contributed by atoms with Crippen molar-refractivity contribution in [2.24, 2.45) is 0 Å². The molecular formula is C25H25F3N2O5. The van der Waals surface area contributed by atoms with Crippen LogP contribution in [0.25, 0.3) is 11.1 Å². The molecule has 1 heterocycles. The number of amides is 2. The number of carboxylic acid groups (broad SMARTS) is 1. The third-order valence-electron chi connectivity index (χ3n) is 6.52. The number of nitrogens with zero attached hydrogens (tertiary/aromatic N) is 1. The molecule has 1 saturated heterocycles. The molecule has 2 atom stereocenters. The standard InChI is InChI=1S/C25H25F3N2O5/c26-25(27,28)21(13-22(31)30-12-6-5-11-20(30)23(32)33)29-24(34)35-14-19-17-9-3-1-7-15(17)16-8-2-4-10-18(16)19/h1-4,7-10,19-21H,5-6,11-14H2,(H,29,34)(H,32,33)/t20-,21?/m1/s1. The Morgan fingerprint density at radius 2 is 1.63 bits per heavy atom. The molecule has 2 aromatic carbocycles. The van der Waals surface area contributed by atoms with Crippen molar-refractivity contribution in [1.29, 1.82) is 0 Å². The Morgan fingerprint density at radius 1 is 1.03 bits per heavy atom. The lowest BCUT2D eigenvalue weighted by molar-refractivity contribution is -0.166. The van der Waals surface area contributed by atoms with Gasteiger partial charge in [-0.1, -0.05) is 48.5 Å². The molecule has 2 amide bonds. The topological polar surface area (TPSA) is 95.9 Å². The zero-order valence-electron chi connectivity index (χ0n) is 18.8. The fourth-order valence-corrected chi connectivity index (χ4v) is 4.81. The summed E-state index contributed by atoms with van der Waals surface area (Å²) >= 11 is 0. The number of likely N-dealkylation sites (tertiary alicyclic amines) is 1. The minimum absolute atomic E-state index is 0.0608. The molecule has 4 rings (SSSR count). The first kappa shape index (κ1) is 24.6. The maximum absolute atomic E-state index is 13.6. The number of hydrogen-bond donors (Lipinski definition) is 2. The van der Waals surface area contributed by atoms with Gasteiger partial charge in [0.1, 0.15) is 18.7 Å². The molecule has 186 valence electrons. The first-order valence-electron chi connectivity index (χ1n) is 11.4. The van der Waals surface area contributed by atoms with Gasteiger partial charge in [0, 0.05) is 12.5 Å². The molecule has 1 aliphatic carbocycles. The second kappa shape index (κ2) is 9.97. The first-order chi connectivity index (χ1) is 16.7. The highest BCUT2D eigenvalue weighted by molar-refractivity contribution is 5.84. The highest BCUT2D eigenvalue weighted by Crippen LogP contribution is 2.44. The van der Waals surface area contributed by atoms with E-state index in [4.69, 9.17) is 4.74 Å². The average Bonchev–Trinajstić information content (AvgIpc) is 3.15. The monoisotopic (exact) mass is 490 g/mol. The van der Waals surface area contributed by atoms with Crippen LogP contribution in [0.15, 0.2) is 48.5 Å². The van der Waals surface area contributed by atoms with Gasteiger partial charge in [0.15, 0.2) is 0 Å². The number of halogens is 3. The summed E-state index contributed by atoms with van der Waals surface area (Å²) in [4.78, 5) is 37.3. The van der Waals surface area contributed by atoms with Crippen molar-refractivity contribution >= 4 is 18.0 Å². The number of ether oxygens (including phenoxy) is 1. The largest absolute Gasteiger partial charge is 0.480 e. The van der Waals surface area contributed by atoms with E-state index in [1.54, 1.807) is 5.32 Å². The molecule has 1 unspecified atom stereocenters. The van der Waals surface area contributed by atoms with Crippen LogP contribution in [0.2, 0.25) is 0 Å². The summed E-state index contributed by atoms with van der Waals surface area (Å²) in [5.74, 6) is -2.56. The number of alkyl halides is 3. The molecule has 1 fully saturated rings. The third kappa shape index (κ3) is 5.26. The summed E-state index contributed by atoms with van der Waals surface area (Å²) in [5.41, 5.74) is 3.78. The van der Waals surface area contributed by atoms with Crippen LogP contribution in [-0.4, -0.2) is 59.4 Å². The molecule has 0 bridgehead atoms. The van der Waals surface area contributed by atoms with E-state index in [0.717, 1.165) is 27.2 Å². The lowest BCUT2D eigenvalue weighted by Gasteiger charge is -2.34. The Bertz CT molecular complexity index is 1070. The van der Waals surface area contributed by atoms with Gasteiger partial charge in [-0.3, -0.25) is 4.79 Å². The number of alkyl carbamates (subject to hydrolysis) is 1. The quantitative estimate of drug-likeness (QED) is 0.629. The predicted octanol–water partition coefficient (Wildman–Crippen LogP) is 4.31. The Kier molecular flexibility index (Phi) is 7.00. The van der Waals surface area contributed by atoms with E-state index in [1.165, 1.54) is 0 Å². The highest BCUT2D eigenvalue weighted by atomic mass is 19.4. The number of benzene rings is 2. The van der Waals surface area contributed by atoms with Crippen molar-refractivity contribution in [2.75, 3.05) is 13.2 Å². The van der Waals surface area contributed by atoms with Crippen LogP contribution in [0, 0.1) is 0 Å². The summed E-state index contributed by atoms with van der Waals surface area (Å²) in [6.45, 7) is -0.114. The molecule has 0 spiro atoms. The molecule has 0 radical (unpaired) electrons. The highest BCUT2D eigenvalue weighted by Gasteiger charge is 2.44. The summed E-state index contributed by atoms with van der Waals surface area (Å²) in [6, 6.07) is 11.4. The molecule has 7 nitrogen and oxygen atoms in total. The number of piperidine rings is 1. The number of carbonyl (C=O) groups is 3. The number of aliphatic carboxylic acids is 1. The van der Waals surface area contributed by atoms with E-state index in [1.807, 2.05) is 48.5 Å². The SMILES string of the molecule is O=C(NC(CC(=O)N1CCCC[C@@H]1C(=O)O)C(F)(F)F)OCC1c2ccccc2-c2ccccc21. The lowest BCUT2D eigenvalue weighted by Crippen LogP contribution is -2.53. The fraction of sp³-hybridized carbons (Fsp3) is 0.400. The molecule has 2 aliphatic rings. The second-order valence-corrected chi connectivity index (χ2v) is 8.71. The van der Waals surface area contributed by atoms with Gasteiger partial charge in [-0.2, -0.15) is 13.2 Å². The first-order valence-corrected chi connectivity index (χ1v) is 11.4. The maximum Gasteiger partial charge on any atom is 0.409 e. The van der Waals surface area contributed by atoms with E-state index in [9.17, 15) is 32.7 Å². The van der Waals surface area contributed by atoms with Gasteiger partial charge in [0.2, 0.25) is 5.91 Å². The molecule has 1 aliphatic heterocycles. The summed E-state index contributed by atoms with van der Waals surface area (Å²) in [7, 11) is 0. The molecule has 2 N–H and O–H groups in total. The minimum atomic E-state index is -4.92. The van der Waals surface area contributed by atoms with Crippen molar-refractivity contribution in [1.82, 2.24) is 10.2 Å². The number of carboxylic acids is 1. The van der Waals surface area contributed by atoms with E-state index < -0.39 is 42.7 Å². The number of rotatable bonds is 6. The predicted molar refractivity (Wildman–Crippen MR) is 120 cm³/mol. The van der Waals surface area contributed by atoms with Crippen molar-refractivity contribution in [3.05, 3.63) is 59.7 Å². The zero-order chi connectivity index (χ0) is 25.2.